The van der Waals surface area contributed by atoms with Gasteiger partial charge in [0, 0.05) is 43.8 Å². The summed E-state index contributed by atoms with van der Waals surface area (Å²) in [5.41, 5.74) is 0.490. The highest BCUT2D eigenvalue weighted by Crippen LogP contribution is 2.38. The molecular weight excluding hydrogens is 321 g/mol. The second kappa shape index (κ2) is 5.22. The topological polar surface area (TPSA) is 51.2 Å². The van der Waals surface area contributed by atoms with Crippen LogP contribution in [0.4, 0.5) is 19.0 Å². The Morgan fingerprint density at radius 1 is 1.29 bits per heavy atom. The monoisotopic (exact) mass is 336 g/mol. The molecule has 0 bridgehead atoms. The first-order valence-corrected chi connectivity index (χ1v) is 7.60. The van der Waals surface area contributed by atoms with Gasteiger partial charge in [-0.2, -0.15) is 23.4 Å². The zero-order chi connectivity index (χ0) is 16.9. The molecule has 4 rings (SSSR count). The lowest BCUT2D eigenvalue weighted by Crippen LogP contribution is -2.24. The molecule has 3 aromatic heterocycles. The van der Waals surface area contributed by atoms with Gasteiger partial charge in [0.05, 0.1) is 12.2 Å². The van der Waals surface area contributed by atoms with Gasteiger partial charge in [-0.05, 0) is 12.8 Å². The highest BCUT2D eigenvalue weighted by Gasteiger charge is 2.36. The second-order valence-electron chi connectivity index (χ2n) is 5.91. The quantitative estimate of drug-likeness (QED) is 0.722. The summed E-state index contributed by atoms with van der Waals surface area (Å²) in [4.78, 5) is 6.37. The summed E-state index contributed by atoms with van der Waals surface area (Å²) in [5, 5.41) is 7.82. The molecule has 1 aliphatic rings. The molecule has 0 amide bonds. The highest BCUT2D eigenvalue weighted by molar-refractivity contribution is 5.70. The largest absolute Gasteiger partial charge is 0.435 e. The van der Waals surface area contributed by atoms with Crippen LogP contribution in [0.2, 0.25) is 0 Å². The average molecular weight is 336 g/mol. The molecule has 4 heterocycles. The van der Waals surface area contributed by atoms with Gasteiger partial charge in [-0.15, -0.1) is 0 Å². The number of anilines is 1. The van der Waals surface area contributed by atoms with Crippen LogP contribution in [0.1, 0.15) is 30.1 Å². The number of aryl methyl sites for hydroxylation is 1. The molecule has 126 valence electrons. The lowest BCUT2D eigenvalue weighted by Gasteiger charge is -2.25. The number of hydrogen-bond acceptors (Lipinski definition) is 4. The first kappa shape index (κ1) is 15.0. The zero-order valence-electron chi connectivity index (χ0n) is 12.9. The minimum absolute atomic E-state index is 0.0571. The molecule has 0 saturated carbocycles. The summed E-state index contributed by atoms with van der Waals surface area (Å²) in [6.07, 6.45) is 4.02. The number of rotatable bonds is 2. The first-order valence-electron chi connectivity index (χ1n) is 7.60. The Labute approximate surface area is 135 Å². The van der Waals surface area contributed by atoms with Crippen molar-refractivity contribution in [2.24, 2.45) is 7.05 Å². The molecular formula is C15H15F3N6. The fraction of sp³-hybridized carbons (Fsp3) is 0.400. The van der Waals surface area contributed by atoms with E-state index in [4.69, 9.17) is 0 Å². The van der Waals surface area contributed by atoms with E-state index in [1.54, 1.807) is 10.9 Å². The number of fused-ring (bicyclic) bond motifs is 1. The standard InChI is InChI=1S/C15H15F3N6/c1-22-9-10(8-20-22)11-3-2-5-23(11)14-12-7-13(15(16,17)18)21-24(12)6-4-19-14/h4,6-9,11H,2-3,5H2,1H3. The van der Waals surface area contributed by atoms with Crippen molar-refractivity contribution < 1.29 is 13.2 Å². The molecule has 0 aliphatic carbocycles. The zero-order valence-corrected chi connectivity index (χ0v) is 12.9. The van der Waals surface area contributed by atoms with E-state index < -0.39 is 11.9 Å². The van der Waals surface area contributed by atoms with Crippen LogP contribution in [0.25, 0.3) is 5.52 Å². The van der Waals surface area contributed by atoms with E-state index in [-0.39, 0.29) is 6.04 Å². The van der Waals surface area contributed by atoms with E-state index in [9.17, 15) is 13.2 Å². The Morgan fingerprint density at radius 2 is 2.12 bits per heavy atom. The molecule has 3 aromatic rings. The van der Waals surface area contributed by atoms with Crippen LogP contribution in [0, 0.1) is 0 Å². The average Bonchev–Trinajstić information content (AvgIpc) is 3.23. The molecule has 0 spiro atoms. The predicted octanol–water partition coefficient (Wildman–Crippen LogP) is 2.82. The van der Waals surface area contributed by atoms with Crippen molar-refractivity contribution in [1.82, 2.24) is 24.4 Å². The first-order chi connectivity index (χ1) is 11.4. The number of halogens is 3. The molecule has 1 aliphatic heterocycles. The molecule has 1 saturated heterocycles. The van der Waals surface area contributed by atoms with Gasteiger partial charge in [0.15, 0.2) is 11.5 Å². The third-order valence-corrected chi connectivity index (χ3v) is 4.29. The van der Waals surface area contributed by atoms with E-state index in [0.717, 1.165) is 31.0 Å². The number of aromatic nitrogens is 5. The van der Waals surface area contributed by atoms with Crippen molar-refractivity contribution in [3.63, 3.8) is 0 Å². The smallest absolute Gasteiger partial charge is 0.348 e. The van der Waals surface area contributed by atoms with Crippen molar-refractivity contribution in [2.45, 2.75) is 25.1 Å². The highest BCUT2D eigenvalue weighted by atomic mass is 19.4. The third-order valence-electron chi connectivity index (χ3n) is 4.29. The minimum atomic E-state index is -4.48. The summed E-state index contributed by atoms with van der Waals surface area (Å²) in [5.74, 6) is 0.520. The van der Waals surface area contributed by atoms with Gasteiger partial charge in [-0.25, -0.2) is 9.50 Å². The summed E-state index contributed by atoms with van der Waals surface area (Å²) >= 11 is 0. The Bertz CT molecular complexity index is 881. The van der Waals surface area contributed by atoms with Crippen LogP contribution in [0.5, 0.6) is 0 Å². The molecule has 1 fully saturated rings. The van der Waals surface area contributed by atoms with Gasteiger partial charge >= 0.3 is 6.18 Å². The van der Waals surface area contributed by atoms with E-state index >= 15 is 0 Å². The maximum atomic E-state index is 13.0. The fourth-order valence-corrected chi connectivity index (χ4v) is 3.25. The van der Waals surface area contributed by atoms with Crippen LogP contribution >= 0.6 is 0 Å². The second-order valence-corrected chi connectivity index (χ2v) is 5.91. The molecule has 1 unspecified atom stereocenters. The Hall–Kier alpha value is -2.58. The van der Waals surface area contributed by atoms with Gasteiger partial charge in [0.25, 0.3) is 0 Å². The lowest BCUT2D eigenvalue weighted by atomic mass is 10.1. The number of hydrogen-bond donors (Lipinski definition) is 0. The summed E-state index contributed by atoms with van der Waals surface area (Å²) < 4.78 is 41.8. The van der Waals surface area contributed by atoms with Crippen LogP contribution in [0.3, 0.4) is 0 Å². The summed E-state index contributed by atoms with van der Waals surface area (Å²) in [6, 6.07) is 1.11. The van der Waals surface area contributed by atoms with Gasteiger partial charge in [0.2, 0.25) is 0 Å². The Balaban J connectivity index is 1.79. The maximum Gasteiger partial charge on any atom is 0.435 e. The van der Waals surface area contributed by atoms with Gasteiger partial charge in [-0.1, -0.05) is 0 Å². The maximum absolute atomic E-state index is 13.0. The number of nitrogens with zero attached hydrogens (tertiary/aromatic N) is 6. The Kier molecular flexibility index (Phi) is 3.26. The molecule has 24 heavy (non-hydrogen) atoms. The van der Waals surface area contributed by atoms with Gasteiger partial charge < -0.3 is 4.90 Å². The van der Waals surface area contributed by atoms with E-state index in [1.807, 2.05) is 18.1 Å². The molecule has 0 N–H and O–H groups in total. The van der Waals surface area contributed by atoms with Crippen LogP contribution in [0.15, 0.2) is 30.9 Å². The van der Waals surface area contributed by atoms with E-state index in [1.165, 1.54) is 16.9 Å². The third kappa shape index (κ3) is 2.40. The normalized spacial score (nSPS) is 18.7. The lowest BCUT2D eigenvalue weighted by molar-refractivity contribution is -0.141. The van der Waals surface area contributed by atoms with Crippen molar-refractivity contribution >= 4 is 11.3 Å². The fourth-order valence-electron chi connectivity index (χ4n) is 3.25. The minimum Gasteiger partial charge on any atom is -0.348 e. The van der Waals surface area contributed by atoms with Crippen LogP contribution in [-0.4, -0.2) is 30.9 Å². The summed E-state index contributed by atoms with van der Waals surface area (Å²) in [7, 11) is 1.84. The SMILES string of the molecule is Cn1cc(C2CCCN2c2nccn3nc(C(F)(F)F)cc23)cn1. The molecule has 0 radical (unpaired) electrons. The van der Waals surface area contributed by atoms with Crippen molar-refractivity contribution in [1.29, 1.82) is 0 Å². The van der Waals surface area contributed by atoms with E-state index in [0.29, 0.717) is 11.3 Å². The van der Waals surface area contributed by atoms with Crippen molar-refractivity contribution in [3.8, 4) is 0 Å². The van der Waals surface area contributed by atoms with Crippen molar-refractivity contribution in [3.05, 3.63) is 42.1 Å². The molecule has 6 nitrogen and oxygen atoms in total. The predicted molar refractivity (Wildman–Crippen MR) is 80.5 cm³/mol. The molecule has 9 heteroatoms. The van der Waals surface area contributed by atoms with Gasteiger partial charge in [-0.3, -0.25) is 4.68 Å². The van der Waals surface area contributed by atoms with Gasteiger partial charge in [0.1, 0.15) is 5.52 Å². The van der Waals surface area contributed by atoms with Crippen LogP contribution in [-0.2, 0) is 13.2 Å². The Morgan fingerprint density at radius 3 is 2.83 bits per heavy atom. The van der Waals surface area contributed by atoms with E-state index in [2.05, 4.69) is 15.2 Å². The number of alkyl halides is 3. The van der Waals surface area contributed by atoms with Crippen molar-refractivity contribution in [2.75, 3.05) is 11.4 Å². The van der Waals surface area contributed by atoms with Crippen LogP contribution < -0.4 is 4.90 Å². The summed E-state index contributed by atoms with van der Waals surface area (Å²) in [6.45, 7) is 0.735. The molecule has 0 aromatic carbocycles. The molecule has 1 atom stereocenters.